The lowest BCUT2D eigenvalue weighted by Crippen LogP contribution is -2.11. The van der Waals surface area contributed by atoms with Crippen molar-refractivity contribution in [1.82, 2.24) is 9.55 Å². The van der Waals surface area contributed by atoms with Gasteiger partial charge < -0.3 is 25.7 Å². The fourth-order valence-corrected chi connectivity index (χ4v) is 1.59. The number of nitrogens with one attached hydrogen (secondary N) is 2. The Bertz CT molecular complexity index is 618. The number of thiol groups is 1. The molecule has 108 valence electrons. The normalized spacial score (nSPS) is 9.55. The molecule has 0 aliphatic carbocycles. The zero-order chi connectivity index (χ0) is 15.3. The maximum absolute atomic E-state index is 11.8. The largest absolute Gasteiger partial charge is 0.477 e. The summed E-state index contributed by atoms with van der Waals surface area (Å²) in [5.74, 6) is -1.43. The number of aryl methyl sites for hydroxylation is 1. The first-order chi connectivity index (χ1) is 9.47. The summed E-state index contributed by atoms with van der Waals surface area (Å²) in [7, 11) is 1.59. The van der Waals surface area contributed by atoms with Crippen LogP contribution < -0.4 is 11.1 Å². The first-order valence-corrected chi connectivity index (χ1v) is 6.46. The van der Waals surface area contributed by atoms with Crippen molar-refractivity contribution < 1.29 is 14.7 Å². The summed E-state index contributed by atoms with van der Waals surface area (Å²) in [5, 5.41) is 11.5. The van der Waals surface area contributed by atoms with Crippen LogP contribution in [0.25, 0.3) is 0 Å². The summed E-state index contributed by atoms with van der Waals surface area (Å²) in [6, 6.07) is 2.88. The highest BCUT2D eigenvalue weighted by molar-refractivity contribution is 7.79. The van der Waals surface area contributed by atoms with Crippen molar-refractivity contribution in [2.24, 2.45) is 7.05 Å². The van der Waals surface area contributed by atoms with Gasteiger partial charge in [-0.2, -0.15) is 12.6 Å². The van der Waals surface area contributed by atoms with E-state index in [0.717, 1.165) is 0 Å². The van der Waals surface area contributed by atoms with Crippen molar-refractivity contribution in [3.8, 4) is 0 Å². The number of carbonyl (C=O) groups excluding carboxylic acids is 1. The predicted molar refractivity (Wildman–Crippen MR) is 80.4 cm³/mol. The Kier molecular flexibility index (Phi) is 5.27. The Balaban J connectivity index is 0.000000956. The fraction of sp³-hybridized carbons (Fsp3) is 0.167. The number of nitrogens with two attached hydrogens (primary N) is 1. The first-order valence-electron chi connectivity index (χ1n) is 5.57. The molecule has 2 aromatic rings. The zero-order valence-electron chi connectivity index (χ0n) is 11.0. The first kappa shape index (κ1) is 15.7. The maximum atomic E-state index is 11.8. The molecule has 0 saturated heterocycles. The van der Waals surface area contributed by atoms with Crippen LogP contribution in [0.1, 0.15) is 21.0 Å². The van der Waals surface area contributed by atoms with Gasteiger partial charge in [-0.05, 0) is 18.4 Å². The highest BCUT2D eigenvalue weighted by Gasteiger charge is 2.13. The van der Waals surface area contributed by atoms with Crippen LogP contribution in [0.4, 0.5) is 11.4 Å². The molecule has 0 radical (unpaired) electrons. The van der Waals surface area contributed by atoms with Crippen LogP contribution >= 0.6 is 12.6 Å². The van der Waals surface area contributed by atoms with Gasteiger partial charge in [-0.15, -0.1) is 0 Å². The molecule has 0 spiro atoms. The summed E-state index contributed by atoms with van der Waals surface area (Å²) in [4.78, 5) is 25.3. The van der Waals surface area contributed by atoms with E-state index in [9.17, 15) is 9.59 Å². The number of carboxylic acid groups (broad SMARTS) is 1. The van der Waals surface area contributed by atoms with Gasteiger partial charge in [0.2, 0.25) is 0 Å². The Morgan fingerprint density at radius 3 is 2.50 bits per heavy atom. The van der Waals surface area contributed by atoms with Crippen LogP contribution in [-0.4, -0.2) is 32.8 Å². The third-order valence-corrected chi connectivity index (χ3v) is 2.43. The molecule has 2 aromatic heterocycles. The lowest BCUT2D eigenvalue weighted by atomic mass is 10.3. The second-order valence-corrected chi connectivity index (χ2v) is 3.83. The number of hydrogen-bond donors (Lipinski definition) is 5. The number of H-pyrrole nitrogens is 1. The number of hydrogen-bond acceptors (Lipinski definition) is 4. The minimum Gasteiger partial charge on any atom is -0.477 e. The number of aromatic carboxylic acids is 1. The maximum Gasteiger partial charge on any atom is 0.352 e. The van der Waals surface area contributed by atoms with Crippen LogP contribution in [0.15, 0.2) is 24.5 Å². The van der Waals surface area contributed by atoms with Gasteiger partial charge in [0.1, 0.15) is 11.4 Å². The van der Waals surface area contributed by atoms with E-state index in [2.05, 4.69) is 22.9 Å². The number of rotatable bonds is 3. The van der Waals surface area contributed by atoms with Gasteiger partial charge in [0, 0.05) is 25.1 Å². The number of aromatic nitrogens is 2. The van der Waals surface area contributed by atoms with E-state index < -0.39 is 5.97 Å². The summed E-state index contributed by atoms with van der Waals surface area (Å²) in [5.41, 5.74) is 6.76. The Morgan fingerprint density at radius 2 is 2.05 bits per heavy atom. The number of amides is 1. The number of aromatic amines is 1. The molecule has 0 unspecified atom stereocenters. The standard InChI is InChI=1S/C11H12N4O3.CH4S/c1-15-5-7(3-9(15)11(17)18)14-10(16)8-2-6(12)4-13-8;1-2/h2-5,13H,12H2,1H3,(H,14,16)(H,17,18);2H,1H3. The summed E-state index contributed by atoms with van der Waals surface area (Å²) in [6.07, 6.45) is 4.72. The predicted octanol–water partition coefficient (Wildman–Crippen LogP) is 1.43. The number of nitrogen functional groups attached to an aromatic ring is 1. The molecule has 0 bridgehead atoms. The van der Waals surface area contributed by atoms with Crippen LogP contribution in [0.2, 0.25) is 0 Å². The topological polar surface area (TPSA) is 113 Å². The van der Waals surface area contributed by atoms with Crippen LogP contribution in [0.3, 0.4) is 0 Å². The van der Waals surface area contributed by atoms with Crippen LogP contribution in [0, 0.1) is 0 Å². The summed E-state index contributed by atoms with van der Waals surface area (Å²) in [6.45, 7) is 0. The molecule has 8 heteroatoms. The SMILES string of the molecule is CS.Cn1cc(NC(=O)c2cc(N)c[nH]2)cc1C(=O)O. The van der Waals surface area contributed by atoms with Crippen molar-refractivity contribution in [1.29, 1.82) is 0 Å². The number of carbonyl (C=O) groups is 2. The number of nitrogens with zero attached hydrogens (tertiary/aromatic N) is 1. The summed E-state index contributed by atoms with van der Waals surface area (Å²) >= 11 is 3.53. The highest BCUT2D eigenvalue weighted by Crippen LogP contribution is 2.14. The van der Waals surface area contributed by atoms with Crippen molar-refractivity contribution in [3.63, 3.8) is 0 Å². The van der Waals surface area contributed by atoms with Gasteiger partial charge in [-0.1, -0.05) is 0 Å². The molecule has 2 heterocycles. The molecule has 0 saturated carbocycles. The van der Waals surface area contributed by atoms with E-state index in [0.29, 0.717) is 17.1 Å². The third-order valence-electron chi connectivity index (χ3n) is 2.43. The average molecular weight is 296 g/mol. The van der Waals surface area contributed by atoms with E-state index in [-0.39, 0.29) is 11.6 Å². The van der Waals surface area contributed by atoms with E-state index >= 15 is 0 Å². The van der Waals surface area contributed by atoms with Gasteiger partial charge >= 0.3 is 5.97 Å². The van der Waals surface area contributed by atoms with Gasteiger partial charge in [0.25, 0.3) is 5.91 Å². The van der Waals surface area contributed by atoms with E-state index in [4.69, 9.17) is 10.8 Å². The second kappa shape index (κ2) is 6.71. The zero-order valence-corrected chi connectivity index (χ0v) is 11.9. The molecule has 0 fully saturated rings. The molecule has 5 N–H and O–H groups in total. The second-order valence-electron chi connectivity index (χ2n) is 3.83. The Hall–Kier alpha value is -2.35. The van der Waals surface area contributed by atoms with Crippen LogP contribution in [0.5, 0.6) is 0 Å². The monoisotopic (exact) mass is 296 g/mol. The van der Waals surface area contributed by atoms with Crippen molar-refractivity contribution in [3.05, 3.63) is 35.9 Å². The van der Waals surface area contributed by atoms with Gasteiger partial charge in [-0.25, -0.2) is 4.79 Å². The molecule has 7 nitrogen and oxygen atoms in total. The molecule has 0 aliphatic rings. The lowest BCUT2D eigenvalue weighted by Gasteiger charge is -1.99. The third kappa shape index (κ3) is 3.58. The molecule has 0 aromatic carbocycles. The minimum atomic E-state index is -1.05. The highest BCUT2D eigenvalue weighted by atomic mass is 32.1. The molecule has 0 atom stereocenters. The lowest BCUT2D eigenvalue weighted by molar-refractivity contribution is 0.0686. The molecular formula is C12H16N4O3S. The number of anilines is 2. The molecule has 20 heavy (non-hydrogen) atoms. The van der Waals surface area contributed by atoms with Gasteiger partial charge in [0.15, 0.2) is 0 Å². The van der Waals surface area contributed by atoms with Crippen molar-refractivity contribution >= 4 is 35.9 Å². The van der Waals surface area contributed by atoms with Crippen molar-refractivity contribution in [2.75, 3.05) is 17.3 Å². The van der Waals surface area contributed by atoms with Gasteiger partial charge in [-0.3, -0.25) is 4.79 Å². The quantitative estimate of drug-likeness (QED) is 0.551. The van der Waals surface area contributed by atoms with E-state index in [1.54, 1.807) is 13.3 Å². The average Bonchev–Trinajstić information content (AvgIpc) is 2.98. The van der Waals surface area contributed by atoms with Crippen molar-refractivity contribution in [2.45, 2.75) is 0 Å². The van der Waals surface area contributed by atoms with E-state index in [1.165, 1.54) is 29.1 Å². The number of carboxylic acids is 1. The smallest absolute Gasteiger partial charge is 0.352 e. The fourth-order valence-electron chi connectivity index (χ4n) is 1.59. The Morgan fingerprint density at radius 1 is 1.40 bits per heavy atom. The molecule has 2 rings (SSSR count). The van der Waals surface area contributed by atoms with Gasteiger partial charge in [0.05, 0.1) is 5.69 Å². The molecular weight excluding hydrogens is 280 g/mol. The van der Waals surface area contributed by atoms with Crippen LogP contribution in [-0.2, 0) is 7.05 Å². The molecule has 0 aliphatic heterocycles. The summed E-state index contributed by atoms with van der Waals surface area (Å²) < 4.78 is 1.42. The van der Waals surface area contributed by atoms with E-state index in [1.807, 2.05) is 0 Å². The molecule has 1 amide bonds. The Labute approximate surface area is 121 Å². The minimum absolute atomic E-state index is 0.0938.